The average Bonchev–Trinajstić information content (AvgIpc) is 2.83. The van der Waals surface area contributed by atoms with Crippen molar-refractivity contribution in [3.63, 3.8) is 0 Å². The minimum absolute atomic E-state index is 0.00641. The summed E-state index contributed by atoms with van der Waals surface area (Å²) in [7, 11) is 1.81. The lowest BCUT2D eigenvalue weighted by atomic mass is 10.0. The van der Waals surface area contributed by atoms with Crippen LogP contribution in [0.1, 0.15) is 24.8 Å². The van der Waals surface area contributed by atoms with E-state index in [0.717, 1.165) is 56.4 Å². The summed E-state index contributed by atoms with van der Waals surface area (Å²) in [6.07, 6.45) is 3.15. The lowest BCUT2D eigenvalue weighted by Gasteiger charge is -2.34. The van der Waals surface area contributed by atoms with Crippen LogP contribution in [-0.2, 0) is 11.3 Å². The smallest absolute Gasteiger partial charge is 0.265 e. The molecule has 2 aliphatic heterocycles. The van der Waals surface area contributed by atoms with E-state index in [1.165, 1.54) is 12.0 Å². The number of aliphatic imine (C=N–C) groups is 1. The number of piperidine rings is 1. The molecule has 32 heavy (non-hydrogen) atoms. The van der Waals surface area contributed by atoms with Gasteiger partial charge in [-0.1, -0.05) is 42.5 Å². The van der Waals surface area contributed by atoms with Crippen LogP contribution in [0.4, 0.5) is 5.69 Å². The second kappa shape index (κ2) is 11.0. The van der Waals surface area contributed by atoms with Gasteiger partial charge in [-0.2, -0.15) is 0 Å². The summed E-state index contributed by atoms with van der Waals surface area (Å²) in [6.45, 7) is 4.63. The molecule has 0 radical (unpaired) electrons. The largest absolute Gasteiger partial charge is 0.482 e. The van der Waals surface area contributed by atoms with Gasteiger partial charge in [-0.05, 0) is 43.5 Å². The number of likely N-dealkylation sites (tertiary alicyclic amines) is 1. The Balaban J connectivity index is 1.22. The van der Waals surface area contributed by atoms with Gasteiger partial charge < -0.3 is 20.3 Å². The predicted octanol–water partition coefficient (Wildman–Crippen LogP) is 2.63. The lowest BCUT2D eigenvalue weighted by Crippen LogP contribution is -2.51. The number of benzene rings is 2. The lowest BCUT2D eigenvalue weighted by molar-refractivity contribution is -0.121. The highest BCUT2D eigenvalue weighted by atomic mass is 16.5. The number of hydrogen-bond donors (Lipinski definition) is 2. The van der Waals surface area contributed by atoms with Crippen LogP contribution in [0.25, 0.3) is 0 Å². The number of rotatable bonds is 7. The van der Waals surface area contributed by atoms with Crippen LogP contribution in [0.15, 0.2) is 59.6 Å². The van der Waals surface area contributed by atoms with Gasteiger partial charge in [-0.15, -0.1) is 0 Å². The summed E-state index contributed by atoms with van der Waals surface area (Å²) in [6, 6.07) is 18.7. The number of nitrogens with zero attached hydrogens (tertiary/aromatic N) is 3. The van der Waals surface area contributed by atoms with Crippen LogP contribution in [0, 0.1) is 0 Å². The molecule has 1 fully saturated rings. The quantitative estimate of drug-likeness (QED) is 0.398. The van der Waals surface area contributed by atoms with Gasteiger partial charge in [0.2, 0.25) is 0 Å². The number of ether oxygens (including phenoxy) is 1. The van der Waals surface area contributed by atoms with Crippen molar-refractivity contribution < 1.29 is 9.53 Å². The van der Waals surface area contributed by atoms with Crippen LogP contribution in [0.3, 0.4) is 0 Å². The molecule has 7 heteroatoms. The normalized spacial score (nSPS) is 19.3. The van der Waals surface area contributed by atoms with Gasteiger partial charge in [0.25, 0.3) is 5.91 Å². The summed E-state index contributed by atoms with van der Waals surface area (Å²) in [5.74, 6) is 1.60. The maximum atomic E-state index is 12.3. The number of fused-ring (bicyclic) bond motifs is 1. The highest BCUT2D eigenvalue weighted by Crippen LogP contribution is 2.31. The van der Waals surface area contributed by atoms with Crippen molar-refractivity contribution in [2.45, 2.75) is 31.8 Å². The highest BCUT2D eigenvalue weighted by Gasteiger charge is 2.24. The zero-order chi connectivity index (χ0) is 22.2. The molecule has 0 bridgehead atoms. The van der Waals surface area contributed by atoms with Crippen molar-refractivity contribution in [1.29, 1.82) is 0 Å². The molecule has 1 atom stereocenters. The second-order valence-electron chi connectivity index (χ2n) is 8.36. The first kappa shape index (κ1) is 22.1. The van der Waals surface area contributed by atoms with Crippen molar-refractivity contribution in [3.8, 4) is 5.75 Å². The zero-order valence-electron chi connectivity index (χ0n) is 18.8. The SMILES string of the molecule is CN=C(NCCCN1C(=O)COc2ccccc21)NC1CCCN(Cc2ccccc2)C1. The first-order valence-corrected chi connectivity index (χ1v) is 11.5. The van der Waals surface area contributed by atoms with Crippen LogP contribution in [0.2, 0.25) is 0 Å². The maximum Gasteiger partial charge on any atom is 0.265 e. The molecule has 0 aromatic heterocycles. The van der Waals surface area contributed by atoms with E-state index >= 15 is 0 Å². The van der Waals surface area contributed by atoms with E-state index in [4.69, 9.17) is 4.74 Å². The van der Waals surface area contributed by atoms with Crippen molar-refractivity contribution in [2.75, 3.05) is 44.7 Å². The zero-order valence-corrected chi connectivity index (χ0v) is 18.8. The molecule has 2 aliphatic rings. The Morgan fingerprint density at radius 1 is 1.16 bits per heavy atom. The molecule has 1 saturated heterocycles. The fourth-order valence-corrected chi connectivity index (χ4v) is 4.39. The van der Waals surface area contributed by atoms with E-state index in [1.807, 2.05) is 36.2 Å². The van der Waals surface area contributed by atoms with Crippen molar-refractivity contribution in [2.24, 2.45) is 4.99 Å². The summed E-state index contributed by atoms with van der Waals surface area (Å²) in [4.78, 5) is 21.0. The minimum Gasteiger partial charge on any atom is -0.482 e. The van der Waals surface area contributed by atoms with Crippen LogP contribution in [0.5, 0.6) is 5.75 Å². The number of nitrogens with one attached hydrogen (secondary N) is 2. The van der Waals surface area contributed by atoms with E-state index in [2.05, 4.69) is 50.9 Å². The Morgan fingerprint density at radius 3 is 2.81 bits per heavy atom. The van der Waals surface area contributed by atoms with Gasteiger partial charge in [0.05, 0.1) is 5.69 Å². The van der Waals surface area contributed by atoms with E-state index < -0.39 is 0 Å². The highest BCUT2D eigenvalue weighted by molar-refractivity contribution is 5.97. The van der Waals surface area contributed by atoms with Crippen LogP contribution in [-0.4, -0.2) is 62.6 Å². The van der Waals surface area contributed by atoms with Crippen LogP contribution < -0.4 is 20.3 Å². The molecule has 2 N–H and O–H groups in total. The van der Waals surface area contributed by atoms with E-state index in [-0.39, 0.29) is 12.5 Å². The Labute approximate surface area is 190 Å². The third-order valence-electron chi connectivity index (χ3n) is 5.98. The summed E-state index contributed by atoms with van der Waals surface area (Å²) in [5.41, 5.74) is 2.21. The molecule has 0 spiro atoms. The van der Waals surface area contributed by atoms with Gasteiger partial charge in [-0.3, -0.25) is 14.7 Å². The Kier molecular flexibility index (Phi) is 7.61. The van der Waals surface area contributed by atoms with E-state index in [0.29, 0.717) is 12.6 Å². The molecule has 2 heterocycles. The topological polar surface area (TPSA) is 69.2 Å². The Bertz CT molecular complexity index is 918. The summed E-state index contributed by atoms with van der Waals surface area (Å²) in [5, 5.41) is 6.99. The number of amides is 1. The molecule has 4 rings (SSSR count). The average molecular weight is 436 g/mol. The molecule has 2 aromatic rings. The van der Waals surface area contributed by atoms with Gasteiger partial charge in [0.15, 0.2) is 12.6 Å². The number of guanidine groups is 1. The van der Waals surface area contributed by atoms with Crippen molar-refractivity contribution >= 4 is 17.6 Å². The predicted molar refractivity (Wildman–Crippen MR) is 128 cm³/mol. The third kappa shape index (κ3) is 5.79. The molecule has 170 valence electrons. The van der Waals surface area contributed by atoms with E-state index in [1.54, 1.807) is 0 Å². The Morgan fingerprint density at radius 2 is 1.97 bits per heavy atom. The first-order valence-electron chi connectivity index (χ1n) is 11.5. The molecule has 1 unspecified atom stereocenters. The standard InChI is InChI=1S/C25H33N5O2/c1-26-25(28-21-11-7-15-29(18-21)17-20-9-3-2-4-10-20)27-14-8-16-30-22-12-5-6-13-23(22)32-19-24(30)31/h2-6,9-10,12-13,21H,7-8,11,14-19H2,1H3,(H2,26,27,28). The van der Waals surface area contributed by atoms with Crippen molar-refractivity contribution in [1.82, 2.24) is 15.5 Å². The molecule has 7 nitrogen and oxygen atoms in total. The molecule has 2 aromatic carbocycles. The molecular formula is C25H33N5O2. The van der Waals surface area contributed by atoms with Gasteiger partial charge in [0.1, 0.15) is 5.75 Å². The number of carbonyl (C=O) groups is 1. The number of anilines is 1. The fourth-order valence-electron chi connectivity index (χ4n) is 4.39. The number of para-hydroxylation sites is 2. The molecule has 1 amide bonds. The maximum absolute atomic E-state index is 12.3. The molecule has 0 saturated carbocycles. The minimum atomic E-state index is 0.00641. The number of hydrogen-bond acceptors (Lipinski definition) is 4. The van der Waals surface area contributed by atoms with E-state index in [9.17, 15) is 4.79 Å². The fraction of sp³-hybridized carbons (Fsp3) is 0.440. The van der Waals surface area contributed by atoms with Gasteiger partial charge in [-0.25, -0.2) is 0 Å². The van der Waals surface area contributed by atoms with Gasteiger partial charge in [0, 0.05) is 39.3 Å². The first-order chi connectivity index (χ1) is 15.7. The number of carbonyl (C=O) groups excluding carboxylic acids is 1. The second-order valence-corrected chi connectivity index (χ2v) is 8.36. The van der Waals surface area contributed by atoms with Crippen LogP contribution >= 0.6 is 0 Å². The molecule has 0 aliphatic carbocycles. The van der Waals surface area contributed by atoms with Gasteiger partial charge >= 0.3 is 0 Å². The third-order valence-corrected chi connectivity index (χ3v) is 5.98. The Hall–Kier alpha value is -3.06. The monoisotopic (exact) mass is 435 g/mol. The van der Waals surface area contributed by atoms with Crippen molar-refractivity contribution in [3.05, 3.63) is 60.2 Å². The summed E-state index contributed by atoms with van der Waals surface area (Å²) < 4.78 is 5.52. The summed E-state index contributed by atoms with van der Waals surface area (Å²) >= 11 is 0. The molecular weight excluding hydrogens is 402 g/mol.